The Labute approximate surface area is 163 Å². The van der Waals surface area contributed by atoms with E-state index in [1.165, 1.54) is 0 Å². The van der Waals surface area contributed by atoms with Gasteiger partial charge in [0.1, 0.15) is 11.5 Å². The summed E-state index contributed by atoms with van der Waals surface area (Å²) in [5.74, 6) is 1.21. The number of ether oxygens (including phenoxy) is 1. The zero-order valence-corrected chi connectivity index (χ0v) is 15.8. The van der Waals surface area contributed by atoms with Gasteiger partial charge in [-0.2, -0.15) is 0 Å². The molecule has 1 amide bonds. The lowest BCUT2D eigenvalue weighted by Gasteiger charge is -2.21. The number of carbonyl (C=O) groups is 1. The van der Waals surface area contributed by atoms with Crippen LogP contribution in [0.2, 0.25) is 5.02 Å². The number of furan rings is 1. The Morgan fingerprint density at radius 2 is 1.93 bits per heavy atom. The van der Waals surface area contributed by atoms with Crippen molar-refractivity contribution >= 4 is 23.2 Å². The van der Waals surface area contributed by atoms with Gasteiger partial charge in [0.2, 0.25) is 5.91 Å². The lowest BCUT2D eigenvalue weighted by atomic mass is 10.2. The molecule has 0 aliphatic rings. The predicted molar refractivity (Wildman–Crippen MR) is 106 cm³/mol. The van der Waals surface area contributed by atoms with Gasteiger partial charge in [0, 0.05) is 11.6 Å². The molecule has 3 rings (SSSR count). The zero-order valence-electron chi connectivity index (χ0n) is 15.0. The van der Waals surface area contributed by atoms with E-state index in [-0.39, 0.29) is 12.5 Å². The molecule has 2 aromatic carbocycles. The molecule has 1 N–H and O–H groups in total. The molecule has 0 atom stereocenters. The Hall–Kier alpha value is -2.76. The second-order valence-corrected chi connectivity index (χ2v) is 6.54. The van der Waals surface area contributed by atoms with E-state index in [0.29, 0.717) is 29.5 Å². The maximum absolute atomic E-state index is 12.6. The first kappa shape index (κ1) is 19.0. The van der Waals surface area contributed by atoms with E-state index in [4.69, 9.17) is 20.8 Å². The highest BCUT2D eigenvalue weighted by Gasteiger charge is 2.15. The molecule has 0 aliphatic carbocycles. The fourth-order valence-electron chi connectivity index (χ4n) is 2.80. The summed E-state index contributed by atoms with van der Waals surface area (Å²) in [4.78, 5) is 14.7. The number of nitrogens with one attached hydrogen (secondary N) is 1. The van der Waals surface area contributed by atoms with Gasteiger partial charge < -0.3 is 14.5 Å². The average Bonchev–Trinajstić information content (AvgIpc) is 3.15. The average molecular weight is 385 g/mol. The van der Waals surface area contributed by atoms with Crippen molar-refractivity contribution in [2.75, 3.05) is 19.0 Å². The summed E-state index contributed by atoms with van der Waals surface area (Å²) in [5, 5.41) is 3.41. The van der Waals surface area contributed by atoms with E-state index in [1.807, 2.05) is 47.4 Å². The Morgan fingerprint density at radius 1 is 1.11 bits per heavy atom. The standard InChI is InChI=1S/C21H21ClN2O3/c1-26-20-10-9-17(22)12-19(20)23-21(25)15-24(14-18-8-5-11-27-18)13-16-6-3-2-4-7-16/h2-12H,13-15H2,1H3,(H,23,25). The third kappa shape index (κ3) is 5.61. The van der Waals surface area contributed by atoms with Crippen LogP contribution in [0, 0.1) is 0 Å². The van der Waals surface area contributed by atoms with E-state index in [2.05, 4.69) is 5.32 Å². The minimum absolute atomic E-state index is 0.155. The molecule has 0 bridgehead atoms. The van der Waals surface area contributed by atoms with Crippen LogP contribution in [0.1, 0.15) is 11.3 Å². The molecule has 0 saturated heterocycles. The number of benzene rings is 2. The highest BCUT2D eigenvalue weighted by molar-refractivity contribution is 6.31. The Morgan fingerprint density at radius 3 is 2.63 bits per heavy atom. The van der Waals surface area contributed by atoms with Gasteiger partial charge in [-0.25, -0.2) is 0 Å². The van der Waals surface area contributed by atoms with E-state index in [9.17, 15) is 4.79 Å². The molecule has 0 fully saturated rings. The summed E-state index contributed by atoms with van der Waals surface area (Å²) in [6.07, 6.45) is 1.63. The number of nitrogens with zero attached hydrogens (tertiary/aromatic N) is 1. The fourth-order valence-corrected chi connectivity index (χ4v) is 2.98. The number of amides is 1. The molecule has 6 heteroatoms. The molecule has 3 aromatic rings. The summed E-state index contributed by atoms with van der Waals surface area (Å²) in [6, 6.07) is 18.9. The molecular formula is C21H21ClN2O3. The van der Waals surface area contributed by atoms with Gasteiger partial charge in [0.15, 0.2) is 0 Å². The van der Waals surface area contributed by atoms with Crippen LogP contribution in [0.3, 0.4) is 0 Å². The molecule has 0 spiro atoms. The van der Waals surface area contributed by atoms with Crippen molar-refractivity contribution in [1.82, 2.24) is 4.90 Å². The molecular weight excluding hydrogens is 364 g/mol. The summed E-state index contributed by atoms with van der Waals surface area (Å²) in [5.41, 5.74) is 1.67. The molecule has 0 unspecified atom stereocenters. The second-order valence-electron chi connectivity index (χ2n) is 6.10. The van der Waals surface area contributed by atoms with Gasteiger partial charge in [-0.3, -0.25) is 9.69 Å². The number of hydrogen-bond acceptors (Lipinski definition) is 4. The van der Waals surface area contributed by atoms with Gasteiger partial charge in [-0.1, -0.05) is 41.9 Å². The molecule has 27 heavy (non-hydrogen) atoms. The molecule has 140 valence electrons. The van der Waals surface area contributed by atoms with Crippen molar-refractivity contribution in [2.45, 2.75) is 13.1 Å². The maximum atomic E-state index is 12.6. The van der Waals surface area contributed by atoms with Crippen molar-refractivity contribution in [1.29, 1.82) is 0 Å². The number of hydrogen-bond donors (Lipinski definition) is 1. The minimum Gasteiger partial charge on any atom is -0.495 e. The van der Waals surface area contributed by atoms with E-state index in [1.54, 1.807) is 31.6 Å². The quantitative estimate of drug-likeness (QED) is 0.617. The van der Waals surface area contributed by atoms with Gasteiger partial charge in [-0.15, -0.1) is 0 Å². The van der Waals surface area contributed by atoms with Crippen LogP contribution in [-0.4, -0.2) is 24.5 Å². The number of methoxy groups -OCH3 is 1. The van der Waals surface area contributed by atoms with E-state index < -0.39 is 0 Å². The lowest BCUT2D eigenvalue weighted by Crippen LogP contribution is -2.32. The summed E-state index contributed by atoms with van der Waals surface area (Å²) in [7, 11) is 1.55. The van der Waals surface area contributed by atoms with Gasteiger partial charge >= 0.3 is 0 Å². The predicted octanol–water partition coefficient (Wildman–Crippen LogP) is 4.58. The first-order chi connectivity index (χ1) is 13.1. The fraction of sp³-hybridized carbons (Fsp3) is 0.190. The van der Waals surface area contributed by atoms with Crippen LogP contribution in [0.5, 0.6) is 5.75 Å². The zero-order chi connectivity index (χ0) is 19.1. The van der Waals surface area contributed by atoms with Crippen molar-refractivity contribution < 1.29 is 13.9 Å². The van der Waals surface area contributed by atoms with Crippen LogP contribution in [0.15, 0.2) is 71.3 Å². The van der Waals surface area contributed by atoms with Gasteiger partial charge in [-0.05, 0) is 35.9 Å². The molecule has 1 heterocycles. The molecule has 0 aliphatic heterocycles. The Bertz CT molecular complexity index is 866. The maximum Gasteiger partial charge on any atom is 0.238 e. The van der Waals surface area contributed by atoms with Gasteiger partial charge in [0.05, 0.1) is 32.1 Å². The van der Waals surface area contributed by atoms with Crippen molar-refractivity contribution in [3.63, 3.8) is 0 Å². The molecule has 0 radical (unpaired) electrons. The first-order valence-corrected chi connectivity index (χ1v) is 8.94. The van der Waals surface area contributed by atoms with Crippen molar-refractivity contribution in [3.05, 3.63) is 83.3 Å². The first-order valence-electron chi connectivity index (χ1n) is 8.56. The lowest BCUT2D eigenvalue weighted by molar-refractivity contribution is -0.117. The van der Waals surface area contributed by atoms with Crippen LogP contribution >= 0.6 is 11.6 Å². The second kappa shape index (κ2) is 9.26. The van der Waals surface area contributed by atoms with Gasteiger partial charge in [0.25, 0.3) is 0 Å². The minimum atomic E-state index is -0.155. The van der Waals surface area contributed by atoms with E-state index in [0.717, 1.165) is 11.3 Å². The number of anilines is 1. The Kier molecular flexibility index (Phi) is 6.52. The largest absolute Gasteiger partial charge is 0.495 e. The highest BCUT2D eigenvalue weighted by atomic mass is 35.5. The summed E-state index contributed by atoms with van der Waals surface area (Å²) < 4.78 is 10.7. The van der Waals surface area contributed by atoms with Crippen LogP contribution < -0.4 is 10.1 Å². The van der Waals surface area contributed by atoms with Crippen molar-refractivity contribution in [2.24, 2.45) is 0 Å². The number of carbonyl (C=O) groups excluding carboxylic acids is 1. The summed E-state index contributed by atoms with van der Waals surface area (Å²) in [6.45, 7) is 1.36. The number of halogens is 1. The monoisotopic (exact) mass is 384 g/mol. The smallest absolute Gasteiger partial charge is 0.238 e. The van der Waals surface area contributed by atoms with E-state index >= 15 is 0 Å². The number of rotatable bonds is 8. The highest BCUT2D eigenvalue weighted by Crippen LogP contribution is 2.27. The third-order valence-electron chi connectivity index (χ3n) is 4.01. The topological polar surface area (TPSA) is 54.7 Å². The normalized spacial score (nSPS) is 10.8. The third-order valence-corrected chi connectivity index (χ3v) is 4.25. The molecule has 5 nitrogen and oxygen atoms in total. The van der Waals surface area contributed by atoms with Crippen LogP contribution in [0.25, 0.3) is 0 Å². The molecule has 1 aromatic heterocycles. The Balaban J connectivity index is 1.71. The summed E-state index contributed by atoms with van der Waals surface area (Å²) >= 11 is 6.04. The van der Waals surface area contributed by atoms with Crippen LogP contribution in [0.4, 0.5) is 5.69 Å². The van der Waals surface area contributed by atoms with Crippen LogP contribution in [-0.2, 0) is 17.9 Å². The molecule has 0 saturated carbocycles. The van der Waals surface area contributed by atoms with Crippen molar-refractivity contribution in [3.8, 4) is 5.75 Å². The SMILES string of the molecule is COc1ccc(Cl)cc1NC(=O)CN(Cc1ccccc1)Cc1ccco1.